The molecule has 1 aromatic carbocycles. The number of fused-ring (bicyclic) bond motifs is 1. The Bertz CT molecular complexity index is 703. The fourth-order valence-corrected chi connectivity index (χ4v) is 2.29. The molecule has 0 atom stereocenters. The highest BCUT2D eigenvalue weighted by atomic mass is 14.7. The maximum Gasteiger partial charge on any atom is 0.0714 e. The Morgan fingerprint density at radius 2 is 1.61 bits per heavy atom. The molecule has 3 aromatic rings. The summed E-state index contributed by atoms with van der Waals surface area (Å²) in [7, 11) is 0. The summed E-state index contributed by atoms with van der Waals surface area (Å²) in [5.41, 5.74) is 5.75. The molecule has 0 saturated heterocycles. The van der Waals surface area contributed by atoms with Crippen LogP contribution in [0, 0.1) is 13.8 Å². The second-order valence-corrected chi connectivity index (χ2v) is 4.55. The van der Waals surface area contributed by atoms with Gasteiger partial charge in [-0.15, -0.1) is 0 Å². The van der Waals surface area contributed by atoms with Gasteiger partial charge in [-0.05, 0) is 54.8 Å². The minimum atomic E-state index is 1.06. The fraction of sp³-hybridized carbons (Fsp3) is 0.125. The minimum absolute atomic E-state index is 1.06. The molecule has 2 heteroatoms. The van der Waals surface area contributed by atoms with E-state index in [-0.39, 0.29) is 0 Å². The highest BCUT2D eigenvalue weighted by Gasteiger charge is 2.03. The van der Waals surface area contributed by atoms with Crippen LogP contribution in [0.1, 0.15) is 11.3 Å². The normalized spacial score (nSPS) is 10.8. The fourth-order valence-electron chi connectivity index (χ4n) is 2.29. The molecule has 0 aliphatic heterocycles. The molecule has 0 saturated carbocycles. The Morgan fingerprint density at radius 1 is 0.833 bits per heavy atom. The zero-order valence-electron chi connectivity index (χ0n) is 10.5. The van der Waals surface area contributed by atoms with Crippen molar-refractivity contribution < 1.29 is 0 Å². The predicted molar refractivity (Wildman–Crippen MR) is 74.4 cm³/mol. The van der Waals surface area contributed by atoms with Gasteiger partial charge in [0.15, 0.2) is 0 Å². The van der Waals surface area contributed by atoms with E-state index in [0.29, 0.717) is 0 Å². The number of aromatic nitrogens is 2. The van der Waals surface area contributed by atoms with E-state index in [4.69, 9.17) is 0 Å². The molecule has 2 heterocycles. The van der Waals surface area contributed by atoms with Gasteiger partial charge in [-0.25, -0.2) is 0 Å². The van der Waals surface area contributed by atoms with Crippen molar-refractivity contribution in [1.29, 1.82) is 0 Å². The lowest BCUT2D eigenvalue weighted by Gasteiger charge is -2.06. The van der Waals surface area contributed by atoms with Crippen LogP contribution in [-0.2, 0) is 0 Å². The van der Waals surface area contributed by atoms with E-state index in [9.17, 15) is 0 Å². The number of nitrogens with zero attached hydrogens (tertiary/aromatic N) is 2. The van der Waals surface area contributed by atoms with E-state index in [2.05, 4.69) is 41.2 Å². The largest absolute Gasteiger partial charge is 0.265 e. The van der Waals surface area contributed by atoms with Crippen LogP contribution < -0.4 is 0 Å². The van der Waals surface area contributed by atoms with Crippen molar-refractivity contribution in [2.75, 3.05) is 0 Å². The average Bonchev–Trinajstić information content (AvgIpc) is 2.39. The number of aryl methyl sites for hydroxylation is 2. The molecular formula is C16H14N2. The Morgan fingerprint density at radius 3 is 2.39 bits per heavy atom. The van der Waals surface area contributed by atoms with Crippen LogP contribution in [0.3, 0.4) is 0 Å². The van der Waals surface area contributed by atoms with Gasteiger partial charge in [0.25, 0.3) is 0 Å². The van der Waals surface area contributed by atoms with Crippen molar-refractivity contribution in [1.82, 2.24) is 9.97 Å². The van der Waals surface area contributed by atoms with Crippen molar-refractivity contribution in [2.24, 2.45) is 0 Å². The van der Waals surface area contributed by atoms with Gasteiger partial charge in [-0.3, -0.25) is 9.97 Å². The molecule has 18 heavy (non-hydrogen) atoms. The third-order valence-electron chi connectivity index (χ3n) is 3.16. The monoisotopic (exact) mass is 234 g/mol. The number of hydrogen-bond donors (Lipinski definition) is 0. The number of pyridine rings is 2. The molecule has 0 radical (unpaired) electrons. The predicted octanol–water partition coefficient (Wildman–Crippen LogP) is 3.91. The second-order valence-electron chi connectivity index (χ2n) is 4.55. The van der Waals surface area contributed by atoms with Crippen LogP contribution in [0.5, 0.6) is 0 Å². The zero-order chi connectivity index (χ0) is 12.5. The summed E-state index contributed by atoms with van der Waals surface area (Å²) in [5.74, 6) is 0. The van der Waals surface area contributed by atoms with Crippen molar-refractivity contribution in [3.8, 4) is 11.1 Å². The first-order valence-electron chi connectivity index (χ1n) is 6.02. The molecule has 0 N–H and O–H groups in total. The van der Waals surface area contributed by atoms with Gasteiger partial charge in [0.05, 0.1) is 5.52 Å². The minimum Gasteiger partial charge on any atom is -0.265 e. The molecule has 0 spiro atoms. The van der Waals surface area contributed by atoms with Crippen LogP contribution in [0.25, 0.3) is 22.0 Å². The van der Waals surface area contributed by atoms with Crippen LogP contribution >= 0.6 is 0 Å². The van der Waals surface area contributed by atoms with Crippen LogP contribution in [0.4, 0.5) is 0 Å². The van der Waals surface area contributed by atoms with Crippen molar-refractivity contribution in [2.45, 2.75) is 13.8 Å². The van der Waals surface area contributed by atoms with E-state index >= 15 is 0 Å². The third kappa shape index (κ3) is 1.86. The average molecular weight is 234 g/mol. The lowest BCUT2D eigenvalue weighted by Crippen LogP contribution is -1.88. The van der Waals surface area contributed by atoms with Crippen LogP contribution in [-0.4, -0.2) is 9.97 Å². The first-order valence-corrected chi connectivity index (χ1v) is 6.02. The summed E-state index contributed by atoms with van der Waals surface area (Å²) in [5, 5.41) is 1.22. The molecular weight excluding hydrogens is 220 g/mol. The Labute approximate surface area is 106 Å². The maximum atomic E-state index is 4.61. The van der Waals surface area contributed by atoms with Gasteiger partial charge in [0.1, 0.15) is 0 Å². The summed E-state index contributed by atoms with van der Waals surface area (Å²) in [6.45, 7) is 4.16. The lowest BCUT2D eigenvalue weighted by molar-refractivity contribution is 1.23. The summed E-state index contributed by atoms with van der Waals surface area (Å²) in [6, 6.07) is 12.6. The molecule has 3 rings (SSSR count). The second kappa shape index (κ2) is 4.22. The van der Waals surface area contributed by atoms with Gasteiger partial charge < -0.3 is 0 Å². The smallest absolute Gasteiger partial charge is 0.0714 e. The van der Waals surface area contributed by atoms with Gasteiger partial charge in [-0.1, -0.05) is 12.1 Å². The molecule has 0 bridgehead atoms. The molecule has 2 nitrogen and oxygen atoms in total. The van der Waals surface area contributed by atoms with Crippen molar-refractivity contribution in [3.63, 3.8) is 0 Å². The number of benzene rings is 1. The molecule has 0 aliphatic carbocycles. The molecule has 0 amide bonds. The Hall–Kier alpha value is -2.22. The lowest BCUT2D eigenvalue weighted by atomic mass is 10.0. The van der Waals surface area contributed by atoms with Gasteiger partial charge >= 0.3 is 0 Å². The number of hydrogen-bond acceptors (Lipinski definition) is 2. The summed E-state index contributed by atoms with van der Waals surface area (Å²) < 4.78 is 0. The van der Waals surface area contributed by atoms with Crippen molar-refractivity contribution >= 4 is 10.9 Å². The highest BCUT2D eigenvalue weighted by molar-refractivity contribution is 5.86. The summed E-state index contributed by atoms with van der Waals surface area (Å²) >= 11 is 0. The number of rotatable bonds is 1. The van der Waals surface area contributed by atoms with E-state index in [1.165, 1.54) is 22.1 Å². The van der Waals surface area contributed by atoms with E-state index in [0.717, 1.165) is 11.2 Å². The standard InChI is InChI=1S/C16H14N2/c1-11-9-12(2)18-16-10-14(3-4-15(11)16)13-5-7-17-8-6-13/h3-10H,1-2H3. The molecule has 0 unspecified atom stereocenters. The molecule has 88 valence electrons. The molecule has 2 aromatic heterocycles. The third-order valence-corrected chi connectivity index (χ3v) is 3.16. The quantitative estimate of drug-likeness (QED) is 0.638. The molecule has 0 fully saturated rings. The molecule has 0 aliphatic rings. The van der Waals surface area contributed by atoms with Gasteiger partial charge in [0.2, 0.25) is 0 Å². The summed E-state index contributed by atoms with van der Waals surface area (Å²) in [4.78, 5) is 8.65. The zero-order valence-corrected chi connectivity index (χ0v) is 10.5. The van der Waals surface area contributed by atoms with E-state index in [1.54, 1.807) is 0 Å². The SMILES string of the molecule is Cc1cc(C)c2ccc(-c3ccncc3)cc2n1. The highest BCUT2D eigenvalue weighted by Crippen LogP contribution is 2.25. The Balaban J connectivity index is 2.23. The van der Waals surface area contributed by atoms with Crippen molar-refractivity contribution in [3.05, 3.63) is 60.0 Å². The topological polar surface area (TPSA) is 25.8 Å². The Kier molecular flexibility index (Phi) is 2.56. The summed E-state index contributed by atoms with van der Waals surface area (Å²) in [6.07, 6.45) is 3.63. The van der Waals surface area contributed by atoms with Gasteiger partial charge in [0, 0.05) is 23.5 Å². The van der Waals surface area contributed by atoms with E-state index in [1.807, 2.05) is 31.5 Å². The maximum absolute atomic E-state index is 4.61. The first-order chi connectivity index (χ1) is 8.74. The van der Waals surface area contributed by atoms with Gasteiger partial charge in [-0.2, -0.15) is 0 Å². The van der Waals surface area contributed by atoms with E-state index < -0.39 is 0 Å². The van der Waals surface area contributed by atoms with Crippen LogP contribution in [0.15, 0.2) is 48.8 Å². The first kappa shape index (κ1) is 10.9. The van der Waals surface area contributed by atoms with Crippen LogP contribution in [0.2, 0.25) is 0 Å².